The molecule has 0 saturated carbocycles. The molecule has 0 bridgehead atoms. The van der Waals surface area contributed by atoms with Crippen LogP contribution in [-0.4, -0.2) is 41.6 Å². The number of nitrogens with zero attached hydrogens (tertiary/aromatic N) is 1. The molecule has 0 radical (unpaired) electrons. The first kappa shape index (κ1) is 24.1. The Kier molecular flexibility index (Phi) is 8.32. The molecule has 0 atom stereocenters. The van der Waals surface area contributed by atoms with Gasteiger partial charge in [0.2, 0.25) is 5.91 Å². The average Bonchev–Trinajstić information content (AvgIpc) is 2.86. The highest BCUT2D eigenvalue weighted by Gasteiger charge is 2.27. The van der Waals surface area contributed by atoms with Gasteiger partial charge < -0.3 is 14.8 Å². The molecule has 1 amide bonds. The maximum absolute atomic E-state index is 13.3. The Morgan fingerprint density at radius 1 is 0.879 bits per heavy atom. The number of benzene rings is 3. The predicted molar refractivity (Wildman–Crippen MR) is 128 cm³/mol. The molecule has 0 fully saturated rings. The van der Waals surface area contributed by atoms with E-state index in [4.69, 9.17) is 9.47 Å². The van der Waals surface area contributed by atoms with E-state index >= 15 is 0 Å². The number of sulfonamides is 1. The van der Waals surface area contributed by atoms with Gasteiger partial charge in [0.25, 0.3) is 10.0 Å². The molecule has 0 aliphatic heterocycles. The number of ether oxygens (including phenoxy) is 2. The van der Waals surface area contributed by atoms with Gasteiger partial charge in [0.15, 0.2) is 0 Å². The van der Waals surface area contributed by atoms with Crippen molar-refractivity contribution in [3.8, 4) is 11.5 Å². The van der Waals surface area contributed by atoms with E-state index in [0.29, 0.717) is 24.4 Å². The zero-order valence-corrected chi connectivity index (χ0v) is 19.5. The van der Waals surface area contributed by atoms with Crippen LogP contribution in [0, 0.1) is 0 Å². The fourth-order valence-corrected chi connectivity index (χ4v) is 4.76. The van der Waals surface area contributed by atoms with Crippen molar-refractivity contribution in [1.29, 1.82) is 0 Å². The van der Waals surface area contributed by atoms with Crippen LogP contribution in [0.15, 0.2) is 83.8 Å². The molecule has 0 saturated heterocycles. The van der Waals surface area contributed by atoms with Crippen molar-refractivity contribution in [2.45, 2.75) is 17.7 Å². The largest absolute Gasteiger partial charge is 0.497 e. The van der Waals surface area contributed by atoms with Crippen LogP contribution in [0.1, 0.15) is 12.0 Å². The molecule has 0 aliphatic rings. The summed E-state index contributed by atoms with van der Waals surface area (Å²) in [5.74, 6) is 1.01. The molecule has 0 aliphatic carbocycles. The number of carbonyl (C=O) groups is 1. The van der Waals surface area contributed by atoms with Crippen LogP contribution in [0.25, 0.3) is 0 Å². The van der Waals surface area contributed by atoms with Crippen LogP contribution in [0.2, 0.25) is 0 Å². The van der Waals surface area contributed by atoms with Gasteiger partial charge in [0, 0.05) is 6.54 Å². The first-order chi connectivity index (χ1) is 15.9. The summed E-state index contributed by atoms with van der Waals surface area (Å²) in [6, 6.07) is 22.4. The number of methoxy groups -OCH3 is 2. The molecule has 174 valence electrons. The summed E-state index contributed by atoms with van der Waals surface area (Å²) in [6.45, 7) is 0.0978. The summed E-state index contributed by atoms with van der Waals surface area (Å²) in [4.78, 5) is 12.8. The lowest BCUT2D eigenvalue weighted by Gasteiger charge is -2.24. The number of hydrogen-bond donors (Lipinski definition) is 1. The second kappa shape index (κ2) is 11.4. The fourth-order valence-electron chi connectivity index (χ4n) is 3.32. The lowest BCUT2D eigenvalue weighted by Crippen LogP contribution is -2.41. The van der Waals surface area contributed by atoms with Crippen molar-refractivity contribution in [3.63, 3.8) is 0 Å². The third-order valence-electron chi connectivity index (χ3n) is 5.08. The smallest absolute Gasteiger partial charge is 0.264 e. The molecule has 8 heteroatoms. The van der Waals surface area contributed by atoms with Gasteiger partial charge in [-0.15, -0.1) is 0 Å². The van der Waals surface area contributed by atoms with Gasteiger partial charge in [-0.25, -0.2) is 8.42 Å². The standard InChI is InChI=1S/C25H28N2O5S/c1-31-22-15-13-21(14-16-22)27(33(29,30)24-11-4-3-5-12-24)19-25(28)26-17-7-9-20-8-6-10-23(18-20)32-2/h3-6,8,10-16,18H,7,9,17,19H2,1-2H3,(H,26,28). The summed E-state index contributed by atoms with van der Waals surface area (Å²) in [5, 5.41) is 2.83. The normalized spacial score (nSPS) is 11.0. The van der Waals surface area contributed by atoms with E-state index in [1.54, 1.807) is 49.6 Å². The first-order valence-electron chi connectivity index (χ1n) is 10.6. The van der Waals surface area contributed by atoms with Crippen molar-refractivity contribution in [2.24, 2.45) is 0 Å². The Balaban J connectivity index is 1.68. The highest BCUT2D eigenvalue weighted by Crippen LogP contribution is 2.25. The van der Waals surface area contributed by atoms with Crippen molar-refractivity contribution >= 4 is 21.6 Å². The molecular weight excluding hydrogens is 440 g/mol. The van der Waals surface area contributed by atoms with Gasteiger partial charge in [-0.2, -0.15) is 0 Å². The molecule has 3 aromatic rings. The minimum absolute atomic E-state index is 0.117. The van der Waals surface area contributed by atoms with E-state index in [1.165, 1.54) is 19.2 Å². The topological polar surface area (TPSA) is 84.9 Å². The summed E-state index contributed by atoms with van der Waals surface area (Å²) in [7, 11) is -0.776. The number of carbonyl (C=O) groups excluding carboxylic acids is 1. The second-order valence-corrected chi connectivity index (χ2v) is 9.19. The zero-order chi connectivity index (χ0) is 23.7. The maximum atomic E-state index is 13.3. The predicted octanol–water partition coefficient (Wildman–Crippen LogP) is 3.65. The third kappa shape index (κ3) is 6.49. The quantitative estimate of drug-likeness (QED) is 0.434. The molecule has 0 unspecified atom stereocenters. The summed E-state index contributed by atoms with van der Waals surface area (Å²) in [6.07, 6.45) is 1.48. The molecular formula is C25H28N2O5S. The minimum atomic E-state index is -3.93. The number of amides is 1. The van der Waals surface area contributed by atoms with E-state index in [-0.39, 0.29) is 17.3 Å². The highest BCUT2D eigenvalue weighted by atomic mass is 32.2. The lowest BCUT2D eigenvalue weighted by molar-refractivity contribution is -0.119. The average molecular weight is 469 g/mol. The zero-order valence-electron chi connectivity index (χ0n) is 18.7. The summed E-state index contributed by atoms with van der Waals surface area (Å²) in [5.41, 5.74) is 1.49. The molecule has 0 heterocycles. The summed E-state index contributed by atoms with van der Waals surface area (Å²) >= 11 is 0. The number of aryl methyl sites for hydroxylation is 1. The van der Waals surface area contributed by atoms with Crippen molar-refractivity contribution in [2.75, 3.05) is 31.6 Å². The Labute approximate surface area is 195 Å². The first-order valence-corrected chi connectivity index (χ1v) is 12.0. The van der Waals surface area contributed by atoms with Gasteiger partial charge in [-0.05, 0) is 66.9 Å². The van der Waals surface area contributed by atoms with E-state index in [0.717, 1.165) is 22.0 Å². The third-order valence-corrected chi connectivity index (χ3v) is 6.87. The number of rotatable bonds is 11. The molecule has 3 rings (SSSR count). The minimum Gasteiger partial charge on any atom is -0.497 e. The Morgan fingerprint density at radius 2 is 1.58 bits per heavy atom. The van der Waals surface area contributed by atoms with Crippen molar-refractivity contribution in [3.05, 3.63) is 84.4 Å². The van der Waals surface area contributed by atoms with Crippen LogP contribution in [-0.2, 0) is 21.2 Å². The Bertz CT molecular complexity index is 1150. The lowest BCUT2D eigenvalue weighted by atomic mass is 10.1. The van der Waals surface area contributed by atoms with Crippen LogP contribution in [0.4, 0.5) is 5.69 Å². The van der Waals surface area contributed by atoms with Crippen LogP contribution in [0.3, 0.4) is 0 Å². The Hall–Kier alpha value is -3.52. The number of nitrogens with one attached hydrogen (secondary N) is 1. The van der Waals surface area contributed by atoms with Crippen LogP contribution >= 0.6 is 0 Å². The molecule has 0 aromatic heterocycles. The van der Waals surface area contributed by atoms with E-state index < -0.39 is 10.0 Å². The van der Waals surface area contributed by atoms with Gasteiger partial charge >= 0.3 is 0 Å². The SMILES string of the molecule is COc1ccc(N(CC(=O)NCCCc2cccc(OC)c2)S(=O)(=O)c2ccccc2)cc1. The summed E-state index contributed by atoms with van der Waals surface area (Å²) < 4.78 is 38.1. The van der Waals surface area contributed by atoms with Gasteiger partial charge in [0.1, 0.15) is 18.0 Å². The molecule has 33 heavy (non-hydrogen) atoms. The fraction of sp³-hybridized carbons (Fsp3) is 0.240. The maximum Gasteiger partial charge on any atom is 0.264 e. The van der Waals surface area contributed by atoms with Crippen LogP contribution in [0.5, 0.6) is 11.5 Å². The van der Waals surface area contributed by atoms with Gasteiger partial charge in [-0.3, -0.25) is 9.10 Å². The highest BCUT2D eigenvalue weighted by molar-refractivity contribution is 7.92. The van der Waals surface area contributed by atoms with Crippen molar-refractivity contribution < 1.29 is 22.7 Å². The van der Waals surface area contributed by atoms with Crippen LogP contribution < -0.4 is 19.1 Å². The molecule has 1 N–H and O–H groups in total. The molecule has 0 spiro atoms. The molecule has 3 aromatic carbocycles. The van der Waals surface area contributed by atoms with Gasteiger partial charge in [-0.1, -0.05) is 30.3 Å². The second-order valence-electron chi connectivity index (χ2n) is 7.33. The van der Waals surface area contributed by atoms with E-state index in [9.17, 15) is 13.2 Å². The monoisotopic (exact) mass is 468 g/mol. The number of anilines is 1. The van der Waals surface area contributed by atoms with Gasteiger partial charge in [0.05, 0.1) is 24.8 Å². The molecule has 7 nitrogen and oxygen atoms in total. The van der Waals surface area contributed by atoms with E-state index in [1.807, 2.05) is 24.3 Å². The van der Waals surface area contributed by atoms with E-state index in [2.05, 4.69) is 5.32 Å². The number of hydrogen-bond acceptors (Lipinski definition) is 5. The Morgan fingerprint density at radius 3 is 2.24 bits per heavy atom. The van der Waals surface area contributed by atoms with Crippen molar-refractivity contribution in [1.82, 2.24) is 5.32 Å².